The third-order valence-corrected chi connectivity index (χ3v) is 2.94. The number of carboxylic acids is 1. The molecule has 0 atom stereocenters. The van der Waals surface area contributed by atoms with E-state index in [2.05, 4.69) is 9.97 Å². The van der Waals surface area contributed by atoms with Crippen LogP contribution in [0.3, 0.4) is 0 Å². The second-order valence-corrected chi connectivity index (χ2v) is 4.19. The van der Waals surface area contributed by atoms with Gasteiger partial charge < -0.3 is 9.52 Å². The standard InChI is InChI=1S/C13H11N3O3/c1-8-10(5-12(17)18)16-7-14-6-9(13(16)15-8)11-3-2-4-19-11/h2-4,6-7H,5H2,1H3,(H,17,18). The maximum absolute atomic E-state index is 10.9. The van der Waals surface area contributed by atoms with E-state index in [4.69, 9.17) is 9.52 Å². The molecule has 0 aromatic carbocycles. The molecule has 6 nitrogen and oxygen atoms in total. The van der Waals surface area contributed by atoms with Crippen LogP contribution in [0.1, 0.15) is 11.4 Å². The summed E-state index contributed by atoms with van der Waals surface area (Å²) in [5.41, 5.74) is 2.71. The Morgan fingerprint density at radius 2 is 2.37 bits per heavy atom. The zero-order valence-corrected chi connectivity index (χ0v) is 10.2. The van der Waals surface area contributed by atoms with Crippen molar-refractivity contribution < 1.29 is 14.3 Å². The zero-order chi connectivity index (χ0) is 13.4. The number of nitrogens with zero attached hydrogens (tertiary/aromatic N) is 3. The minimum absolute atomic E-state index is 0.0870. The second kappa shape index (κ2) is 4.24. The minimum Gasteiger partial charge on any atom is -0.481 e. The van der Waals surface area contributed by atoms with E-state index >= 15 is 0 Å². The number of carboxylic acid groups (broad SMARTS) is 1. The largest absolute Gasteiger partial charge is 0.481 e. The van der Waals surface area contributed by atoms with Gasteiger partial charge in [-0.05, 0) is 19.1 Å². The predicted octanol–water partition coefficient (Wildman–Crippen LogP) is 1.92. The van der Waals surface area contributed by atoms with E-state index in [9.17, 15) is 4.79 Å². The number of fused-ring (bicyclic) bond motifs is 1. The summed E-state index contributed by atoms with van der Waals surface area (Å²) in [6.07, 6.45) is 4.72. The smallest absolute Gasteiger partial charge is 0.309 e. The molecule has 3 rings (SSSR count). The maximum Gasteiger partial charge on any atom is 0.309 e. The van der Waals surface area contributed by atoms with Crippen molar-refractivity contribution in [3.63, 3.8) is 0 Å². The average Bonchev–Trinajstić information content (AvgIpc) is 2.98. The van der Waals surface area contributed by atoms with Crippen LogP contribution in [0, 0.1) is 6.92 Å². The van der Waals surface area contributed by atoms with Crippen molar-refractivity contribution in [3.05, 3.63) is 42.3 Å². The maximum atomic E-state index is 10.9. The van der Waals surface area contributed by atoms with E-state index < -0.39 is 5.97 Å². The SMILES string of the molecule is Cc1nc2c(-c3ccco3)cncn2c1CC(=O)O. The Hall–Kier alpha value is -2.63. The van der Waals surface area contributed by atoms with Gasteiger partial charge in [0.25, 0.3) is 0 Å². The quantitative estimate of drug-likeness (QED) is 0.775. The van der Waals surface area contributed by atoms with Crippen molar-refractivity contribution in [1.29, 1.82) is 0 Å². The number of furan rings is 1. The van der Waals surface area contributed by atoms with Gasteiger partial charge in [0.2, 0.25) is 0 Å². The molecule has 6 heteroatoms. The molecular formula is C13H11N3O3. The van der Waals surface area contributed by atoms with Gasteiger partial charge in [0.15, 0.2) is 5.65 Å². The number of carbonyl (C=O) groups is 1. The van der Waals surface area contributed by atoms with E-state index in [0.717, 1.165) is 5.56 Å². The van der Waals surface area contributed by atoms with Gasteiger partial charge in [-0.1, -0.05) is 0 Å². The van der Waals surface area contributed by atoms with E-state index in [1.807, 2.05) is 6.07 Å². The third-order valence-electron chi connectivity index (χ3n) is 2.94. The molecule has 0 saturated heterocycles. The molecular weight excluding hydrogens is 246 g/mol. The molecule has 0 aliphatic carbocycles. The molecule has 3 heterocycles. The molecule has 3 aromatic rings. The molecule has 1 N–H and O–H groups in total. The lowest BCUT2D eigenvalue weighted by Crippen LogP contribution is -2.05. The van der Waals surface area contributed by atoms with Crippen molar-refractivity contribution in [2.45, 2.75) is 13.3 Å². The van der Waals surface area contributed by atoms with Gasteiger partial charge >= 0.3 is 5.97 Å². The predicted molar refractivity (Wildman–Crippen MR) is 66.8 cm³/mol. The van der Waals surface area contributed by atoms with Gasteiger partial charge in [-0.2, -0.15) is 0 Å². The van der Waals surface area contributed by atoms with Crippen LogP contribution >= 0.6 is 0 Å². The van der Waals surface area contributed by atoms with E-state index in [0.29, 0.717) is 22.8 Å². The molecule has 3 aromatic heterocycles. The first kappa shape index (κ1) is 11.5. The molecule has 0 aliphatic rings. The second-order valence-electron chi connectivity index (χ2n) is 4.19. The fourth-order valence-corrected chi connectivity index (χ4v) is 2.09. The Bertz CT molecular complexity index is 744. The van der Waals surface area contributed by atoms with Crippen LogP contribution in [0.25, 0.3) is 17.0 Å². The highest BCUT2D eigenvalue weighted by molar-refractivity contribution is 5.75. The molecule has 0 saturated carbocycles. The van der Waals surface area contributed by atoms with Gasteiger partial charge in [-0.25, -0.2) is 9.97 Å². The highest BCUT2D eigenvalue weighted by Crippen LogP contribution is 2.25. The molecule has 96 valence electrons. The van der Waals surface area contributed by atoms with E-state index in [-0.39, 0.29) is 6.42 Å². The number of hydrogen-bond donors (Lipinski definition) is 1. The van der Waals surface area contributed by atoms with Crippen molar-refractivity contribution >= 4 is 11.6 Å². The van der Waals surface area contributed by atoms with Crippen molar-refractivity contribution in [3.8, 4) is 11.3 Å². The number of imidazole rings is 1. The van der Waals surface area contributed by atoms with Crippen molar-refractivity contribution in [2.75, 3.05) is 0 Å². The molecule has 0 radical (unpaired) electrons. The summed E-state index contributed by atoms with van der Waals surface area (Å²) in [6, 6.07) is 3.60. The first-order valence-electron chi connectivity index (χ1n) is 5.74. The van der Waals surface area contributed by atoms with Crippen LogP contribution in [0.15, 0.2) is 35.3 Å². The lowest BCUT2D eigenvalue weighted by atomic mass is 10.2. The molecule has 0 aliphatic heterocycles. The lowest BCUT2D eigenvalue weighted by Gasteiger charge is -2.01. The molecule has 0 fully saturated rings. The summed E-state index contributed by atoms with van der Waals surface area (Å²) in [6.45, 7) is 1.79. The van der Waals surface area contributed by atoms with Crippen molar-refractivity contribution in [1.82, 2.24) is 14.4 Å². The Kier molecular flexibility index (Phi) is 2.56. The minimum atomic E-state index is -0.895. The molecule has 19 heavy (non-hydrogen) atoms. The molecule has 0 spiro atoms. The fraction of sp³-hybridized carbons (Fsp3) is 0.154. The zero-order valence-electron chi connectivity index (χ0n) is 10.2. The van der Waals surface area contributed by atoms with Gasteiger partial charge in [0.05, 0.1) is 29.6 Å². The number of aliphatic carboxylic acids is 1. The topological polar surface area (TPSA) is 80.6 Å². The Morgan fingerprint density at radius 1 is 1.53 bits per heavy atom. The highest BCUT2D eigenvalue weighted by Gasteiger charge is 2.16. The van der Waals surface area contributed by atoms with Crippen LogP contribution in [-0.2, 0) is 11.2 Å². The lowest BCUT2D eigenvalue weighted by molar-refractivity contribution is -0.136. The van der Waals surface area contributed by atoms with Gasteiger partial charge in [0.1, 0.15) is 12.1 Å². The average molecular weight is 257 g/mol. The van der Waals surface area contributed by atoms with Crippen molar-refractivity contribution in [2.24, 2.45) is 0 Å². The molecule has 0 bridgehead atoms. The highest BCUT2D eigenvalue weighted by atomic mass is 16.4. The van der Waals surface area contributed by atoms with E-state index in [1.54, 1.807) is 36.2 Å². The first-order chi connectivity index (χ1) is 9.16. The molecule has 0 amide bonds. The van der Waals surface area contributed by atoms with E-state index in [1.165, 1.54) is 0 Å². The van der Waals surface area contributed by atoms with Gasteiger partial charge in [-0.3, -0.25) is 9.20 Å². The summed E-state index contributed by atoms with van der Waals surface area (Å²) in [4.78, 5) is 19.4. The van der Waals surface area contributed by atoms with Crippen LogP contribution < -0.4 is 0 Å². The normalized spacial score (nSPS) is 11.0. The van der Waals surface area contributed by atoms with Gasteiger partial charge in [0, 0.05) is 6.20 Å². The van der Waals surface area contributed by atoms with Crippen LogP contribution in [-0.4, -0.2) is 25.4 Å². The number of aromatic nitrogens is 3. The van der Waals surface area contributed by atoms with Crippen LogP contribution in [0.4, 0.5) is 0 Å². The number of aryl methyl sites for hydroxylation is 1. The Balaban J connectivity index is 2.25. The Labute approximate surface area is 108 Å². The molecule has 0 unspecified atom stereocenters. The third kappa shape index (κ3) is 1.87. The van der Waals surface area contributed by atoms with Crippen LogP contribution in [0.2, 0.25) is 0 Å². The summed E-state index contributed by atoms with van der Waals surface area (Å²) in [7, 11) is 0. The van der Waals surface area contributed by atoms with Gasteiger partial charge in [-0.15, -0.1) is 0 Å². The monoisotopic (exact) mass is 257 g/mol. The first-order valence-corrected chi connectivity index (χ1v) is 5.74. The van der Waals surface area contributed by atoms with Crippen LogP contribution in [0.5, 0.6) is 0 Å². The summed E-state index contributed by atoms with van der Waals surface area (Å²) < 4.78 is 7.04. The number of hydrogen-bond acceptors (Lipinski definition) is 4. The number of rotatable bonds is 3. The Morgan fingerprint density at radius 3 is 3.05 bits per heavy atom. The summed E-state index contributed by atoms with van der Waals surface area (Å²) in [5.74, 6) is -0.238. The summed E-state index contributed by atoms with van der Waals surface area (Å²) in [5, 5.41) is 8.94. The fourth-order valence-electron chi connectivity index (χ4n) is 2.09. The summed E-state index contributed by atoms with van der Waals surface area (Å²) >= 11 is 0.